The van der Waals surface area contributed by atoms with Crippen LogP contribution in [0.15, 0.2) is 64.8 Å². The van der Waals surface area contributed by atoms with Crippen LogP contribution in [-0.4, -0.2) is 17.8 Å². The highest BCUT2D eigenvalue weighted by Crippen LogP contribution is 2.21. The maximum Gasteiger partial charge on any atom is 0.268 e. The Morgan fingerprint density at radius 2 is 1.63 bits per heavy atom. The highest BCUT2D eigenvalue weighted by Gasteiger charge is 2.14. The first-order valence-electron chi connectivity index (χ1n) is 5.91. The molecule has 0 saturated heterocycles. The molecule has 1 heterocycles. The van der Waals surface area contributed by atoms with E-state index < -0.39 is 0 Å². The maximum atomic E-state index is 11.5. The number of benzene rings is 2. The first-order valence-corrected chi connectivity index (χ1v) is 5.91. The number of anilines is 1. The molecule has 1 aliphatic heterocycles. The van der Waals surface area contributed by atoms with Gasteiger partial charge in [-0.1, -0.05) is 48.5 Å². The van der Waals surface area contributed by atoms with Gasteiger partial charge in [0.2, 0.25) is 0 Å². The van der Waals surface area contributed by atoms with Gasteiger partial charge in [0, 0.05) is 11.1 Å². The Labute approximate surface area is 110 Å². The summed E-state index contributed by atoms with van der Waals surface area (Å²) < 4.78 is 0. The first kappa shape index (κ1) is 11.3. The molecular formula is C15H11N3O. The van der Waals surface area contributed by atoms with Crippen LogP contribution >= 0.6 is 0 Å². The molecule has 2 aromatic rings. The second-order valence-corrected chi connectivity index (χ2v) is 4.09. The number of hydrogen-bond donors (Lipinski definition) is 1. The third kappa shape index (κ3) is 2.28. The minimum atomic E-state index is -0.275. The number of rotatable bonds is 1. The minimum Gasteiger partial charge on any atom is -0.320 e. The average molecular weight is 249 g/mol. The molecule has 1 aliphatic rings. The van der Waals surface area contributed by atoms with Crippen LogP contribution < -0.4 is 5.32 Å². The lowest BCUT2D eigenvalue weighted by Gasteiger charge is -2.13. The Hall–Kier alpha value is -2.75. The van der Waals surface area contributed by atoms with Crippen LogP contribution in [0.2, 0.25) is 0 Å². The second kappa shape index (κ2) is 4.86. The number of nitrogens with one attached hydrogen (secondary N) is 1. The Kier molecular flexibility index (Phi) is 2.90. The van der Waals surface area contributed by atoms with E-state index in [2.05, 4.69) is 15.5 Å². The zero-order valence-corrected chi connectivity index (χ0v) is 10.1. The van der Waals surface area contributed by atoms with Crippen LogP contribution in [0.25, 0.3) is 0 Å². The maximum absolute atomic E-state index is 11.5. The van der Waals surface area contributed by atoms with Crippen molar-refractivity contribution in [1.29, 1.82) is 0 Å². The largest absolute Gasteiger partial charge is 0.320 e. The molecule has 2 aromatic carbocycles. The van der Waals surface area contributed by atoms with Crippen LogP contribution in [0.5, 0.6) is 0 Å². The summed E-state index contributed by atoms with van der Waals surface area (Å²) >= 11 is 0. The van der Waals surface area contributed by atoms with E-state index in [1.807, 2.05) is 54.6 Å². The van der Waals surface area contributed by atoms with Crippen molar-refractivity contribution >= 4 is 23.5 Å². The van der Waals surface area contributed by atoms with Crippen LogP contribution in [-0.2, 0) is 4.79 Å². The number of carbonyl (C=O) groups is 1. The molecule has 3 rings (SSSR count). The van der Waals surface area contributed by atoms with Crippen molar-refractivity contribution in [2.75, 3.05) is 5.32 Å². The van der Waals surface area contributed by atoms with Crippen molar-refractivity contribution in [1.82, 2.24) is 0 Å². The van der Waals surface area contributed by atoms with E-state index in [-0.39, 0.29) is 5.91 Å². The minimum absolute atomic E-state index is 0.275. The lowest BCUT2D eigenvalue weighted by Crippen LogP contribution is -2.18. The molecule has 1 N–H and O–H groups in total. The lowest BCUT2D eigenvalue weighted by atomic mass is 10.0. The summed E-state index contributed by atoms with van der Waals surface area (Å²) in [5, 5.41) is 10.8. The zero-order chi connectivity index (χ0) is 13.1. The molecule has 0 aromatic heterocycles. The van der Waals surface area contributed by atoms with Gasteiger partial charge in [-0.3, -0.25) is 4.79 Å². The molecule has 0 atom stereocenters. The van der Waals surface area contributed by atoms with Gasteiger partial charge < -0.3 is 5.32 Å². The molecule has 0 spiro atoms. The normalized spacial score (nSPS) is 13.9. The standard InChI is InChI=1S/C15H11N3O/c19-14-10-16-18-15(11-6-2-1-3-7-11)12-8-4-5-9-13(12)17-14/h1-10H,(H,17,19). The summed E-state index contributed by atoms with van der Waals surface area (Å²) in [7, 11) is 0. The summed E-state index contributed by atoms with van der Waals surface area (Å²) in [6, 6.07) is 17.3. The van der Waals surface area contributed by atoms with E-state index in [9.17, 15) is 4.79 Å². The van der Waals surface area contributed by atoms with Crippen molar-refractivity contribution in [3.05, 3.63) is 65.7 Å². The molecule has 0 saturated carbocycles. The number of amides is 1. The summed E-state index contributed by atoms with van der Waals surface area (Å²) in [5.74, 6) is -0.275. The van der Waals surface area contributed by atoms with E-state index in [4.69, 9.17) is 0 Å². The average Bonchev–Trinajstić information content (AvgIpc) is 2.43. The lowest BCUT2D eigenvalue weighted by molar-refractivity contribution is -0.110. The van der Waals surface area contributed by atoms with E-state index in [0.29, 0.717) is 0 Å². The van der Waals surface area contributed by atoms with Crippen molar-refractivity contribution in [2.24, 2.45) is 10.2 Å². The van der Waals surface area contributed by atoms with Gasteiger partial charge in [-0.15, -0.1) is 5.10 Å². The fourth-order valence-corrected chi connectivity index (χ4v) is 1.97. The third-order valence-corrected chi connectivity index (χ3v) is 2.82. The summed E-state index contributed by atoms with van der Waals surface area (Å²) in [5.41, 5.74) is 3.30. The van der Waals surface area contributed by atoms with Crippen LogP contribution in [0.4, 0.5) is 5.69 Å². The fourth-order valence-electron chi connectivity index (χ4n) is 1.97. The Balaban J connectivity index is 2.20. The third-order valence-electron chi connectivity index (χ3n) is 2.82. The Morgan fingerprint density at radius 3 is 2.47 bits per heavy atom. The fraction of sp³-hybridized carbons (Fsp3) is 0. The molecule has 0 unspecified atom stereocenters. The first-order chi connectivity index (χ1) is 9.34. The topological polar surface area (TPSA) is 53.8 Å². The molecule has 4 heteroatoms. The summed E-state index contributed by atoms with van der Waals surface area (Å²) in [4.78, 5) is 11.5. The quantitative estimate of drug-likeness (QED) is 0.829. The van der Waals surface area contributed by atoms with Crippen molar-refractivity contribution in [3.8, 4) is 0 Å². The zero-order valence-electron chi connectivity index (χ0n) is 10.1. The summed E-state index contributed by atoms with van der Waals surface area (Å²) in [6.07, 6.45) is 1.18. The Morgan fingerprint density at radius 1 is 0.895 bits per heavy atom. The van der Waals surface area contributed by atoms with E-state index in [0.717, 1.165) is 22.5 Å². The predicted octanol–water partition coefficient (Wildman–Crippen LogP) is 2.46. The van der Waals surface area contributed by atoms with Crippen molar-refractivity contribution < 1.29 is 4.79 Å². The van der Waals surface area contributed by atoms with Gasteiger partial charge in [0.15, 0.2) is 0 Å². The van der Waals surface area contributed by atoms with Gasteiger partial charge in [0.05, 0.1) is 5.69 Å². The van der Waals surface area contributed by atoms with Gasteiger partial charge in [-0.2, -0.15) is 5.10 Å². The molecule has 0 aliphatic carbocycles. The van der Waals surface area contributed by atoms with Gasteiger partial charge in [-0.05, 0) is 6.07 Å². The molecule has 92 valence electrons. The molecule has 0 fully saturated rings. The number of carbonyl (C=O) groups excluding carboxylic acids is 1. The monoisotopic (exact) mass is 249 g/mol. The smallest absolute Gasteiger partial charge is 0.268 e. The number of fused-ring (bicyclic) bond motifs is 1. The highest BCUT2D eigenvalue weighted by atomic mass is 16.1. The molecule has 0 bridgehead atoms. The Bertz CT molecular complexity index is 675. The van der Waals surface area contributed by atoms with Crippen molar-refractivity contribution in [2.45, 2.75) is 0 Å². The van der Waals surface area contributed by atoms with Gasteiger partial charge in [0.1, 0.15) is 11.9 Å². The van der Waals surface area contributed by atoms with Gasteiger partial charge in [0.25, 0.3) is 5.91 Å². The molecular weight excluding hydrogens is 238 g/mol. The van der Waals surface area contributed by atoms with E-state index in [1.165, 1.54) is 6.21 Å². The predicted molar refractivity (Wildman–Crippen MR) is 75.6 cm³/mol. The SMILES string of the molecule is O=C1C=NN=C(c2ccccc2)c2ccccc2N1. The number of para-hydroxylation sites is 1. The molecule has 19 heavy (non-hydrogen) atoms. The van der Waals surface area contributed by atoms with Gasteiger partial charge >= 0.3 is 0 Å². The van der Waals surface area contributed by atoms with E-state index >= 15 is 0 Å². The number of hydrogen-bond acceptors (Lipinski definition) is 3. The second-order valence-electron chi connectivity index (χ2n) is 4.09. The van der Waals surface area contributed by atoms with Crippen LogP contribution in [0.1, 0.15) is 11.1 Å². The summed E-state index contributed by atoms with van der Waals surface area (Å²) in [6.45, 7) is 0. The highest BCUT2D eigenvalue weighted by molar-refractivity contribution is 6.33. The van der Waals surface area contributed by atoms with Crippen LogP contribution in [0, 0.1) is 0 Å². The molecule has 1 amide bonds. The molecule has 0 radical (unpaired) electrons. The molecule has 4 nitrogen and oxygen atoms in total. The van der Waals surface area contributed by atoms with E-state index in [1.54, 1.807) is 0 Å². The van der Waals surface area contributed by atoms with Crippen LogP contribution in [0.3, 0.4) is 0 Å². The van der Waals surface area contributed by atoms with Gasteiger partial charge in [-0.25, -0.2) is 0 Å². The number of nitrogens with zero attached hydrogens (tertiary/aromatic N) is 2. The van der Waals surface area contributed by atoms with Crippen molar-refractivity contribution in [3.63, 3.8) is 0 Å².